The van der Waals surface area contributed by atoms with Crippen LogP contribution in [0.5, 0.6) is 0 Å². The molecule has 2 nitrogen and oxygen atoms in total. The van der Waals surface area contributed by atoms with E-state index in [0.29, 0.717) is 0 Å². The molecule has 0 rings (SSSR count). The summed E-state index contributed by atoms with van der Waals surface area (Å²) in [7, 11) is 0. The molecule has 4 N–H and O–H groups in total. The van der Waals surface area contributed by atoms with Crippen molar-refractivity contribution < 1.29 is 11.0 Å². The minimum absolute atomic E-state index is 0. The second kappa shape index (κ2) is 63.5. The molecule has 0 saturated carbocycles. The van der Waals surface area contributed by atoms with Crippen molar-refractivity contribution in [1.82, 2.24) is 0 Å². The Labute approximate surface area is 60.1 Å². The first kappa shape index (κ1) is 24.5. The van der Waals surface area contributed by atoms with Gasteiger partial charge in [-0.05, 0) is 0 Å². The highest BCUT2D eigenvalue weighted by atomic mass is 27.1. The summed E-state index contributed by atoms with van der Waals surface area (Å²) >= 11 is 2.61. The maximum absolute atomic E-state index is 2.21. The summed E-state index contributed by atoms with van der Waals surface area (Å²) in [6.07, 6.45) is 0. The molecule has 0 aliphatic rings. The molecule has 0 bridgehead atoms. The predicted molar refractivity (Wildman–Crippen MR) is 37.7 cm³/mol. The Kier molecular flexibility index (Phi) is 223. The van der Waals surface area contributed by atoms with E-state index < -0.39 is 0 Å². The van der Waals surface area contributed by atoms with E-state index in [9.17, 15) is 0 Å². The van der Waals surface area contributed by atoms with E-state index in [1.54, 1.807) is 0 Å². The Morgan fingerprint density at radius 3 is 1.00 bits per heavy atom. The maximum atomic E-state index is 2.21. The SMILES string of the molecule is O.O.[CH3][AlH].[CH3][Al][CH3]. The van der Waals surface area contributed by atoms with Crippen LogP contribution >= 0.6 is 0 Å². The fourth-order valence-electron chi connectivity index (χ4n) is 0. The minimum atomic E-state index is 0. The van der Waals surface area contributed by atoms with Gasteiger partial charge in [-0.15, -0.1) is 17.4 Å². The quantitative estimate of drug-likeness (QED) is 0.386. The third kappa shape index (κ3) is 179. The van der Waals surface area contributed by atoms with Crippen LogP contribution in [-0.4, -0.2) is 42.5 Å². The van der Waals surface area contributed by atoms with Crippen LogP contribution in [0.3, 0.4) is 0 Å². The van der Waals surface area contributed by atoms with E-state index in [2.05, 4.69) is 11.6 Å². The van der Waals surface area contributed by atoms with Crippen LogP contribution in [0.4, 0.5) is 0 Å². The molecule has 4 heteroatoms. The van der Waals surface area contributed by atoms with Crippen LogP contribution in [0.15, 0.2) is 0 Å². The van der Waals surface area contributed by atoms with Gasteiger partial charge in [0.1, 0.15) is 0 Å². The van der Waals surface area contributed by atoms with Gasteiger partial charge >= 0.3 is 0 Å². The van der Waals surface area contributed by atoms with Crippen molar-refractivity contribution in [3.05, 3.63) is 0 Å². The molecular weight excluding hydrogens is 122 g/mol. The summed E-state index contributed by atoms with van der Waals surface area (Å²) < 4.78 is 0. The highest BCUT2D eigenvalue weighted by molar-refractivity contribution is 6.31. The average Bonchev–Trinajstić information content (AvgIpc) is 1.46. The number of hydrogen-bond donors (Lipinski definition) is 0. The summed E-state index contributed by atoms with van der Waals surface area (Å²) in [5.41, 5.74) is 0. The minimum Gasteiger partial charge on any atom is -0.412 e. The van der Waals surface area contributed by atoms with Gasteiger partial charge in [0.25, 0.3) is 0 Å². The van der Waals surface area contributed by atoms with Gasteiger partial charge in [0.05, 0.1) is 0 Å². The normalized spacial score (nSPS) is 2.71. The fourth-order valence-corrected chi connectivity index (χ4v) is 0. The molecule has 0 aromatic rings. The predicted octanol–water partition coefficient (Wildman–Crippen LogP) is -0.927. The van der Waals surface area contributed by atoms with E-state index in [-0.39, 0.29) is 11.0 Å². The molecule has 0 atom stereocenters. The van der Waals surface area contributed by atoms with Gasteiger partial charge < -0.3 is 11.0 Å². The Morgan fingerprint density at radius 1 is 1.00 bits per heavy atom. The van der Waals surface area contributed by atoms with Crippen molar-refractivity contribution in [3.8, 4) is 0 Å². The Morgan fingerprint density at radius 2 is 1.00 bits per heavy atom. The lowest BCUT2D eigenvalue weighted by Gasteiger charge is -1.38. The van der Waals surface area contributed by atoms with Gasteiger partial charge in [0, 0.05) is 0 Å². The van der Waals surface area contributed by atoms with E-state index in [0.717, 1.165) is 15.2 Å². The van der Waals surface area contributed by atoms with Gasteiger partial charge in [-0.2, -0.15) is 0 Å². The lowest BCUT2D eigenvalue weighted by atomic mass is 11.9. The van der Waals surface area contributed by atoms with Crippen molar-refractivity contribution in [2.24, 2.45) is 0 Å². The van der Waals surface area contributed by atoms with Crippen molar-refractivity contribution in [2.75, 3.05) is 0 Å². The first-order chi connectivity index (χ1) is 2.41. The van der Waals surface area contributed by atoms with Crippen molar-refractivity contribution >= 4 is 31.5 Å². The lowest BCUT2D eigenvalue weighted by Crippen LogP contribution is -1.53. The van der Waals surface area contributed by atoms with Gasteiger partial charge in [0.15, 0.2) is 31.5 Å². The van der Waals surface area contributed by atoms with Gasteiger partial charge in [0.2, 0.25) is 0 Å². The molecule has 0 unspecified atom stereocenters. The van der Waals surface area contributed by atoms with Crippen LogP contribution in [0.1, 0.15) is 0 Å². The second-order valence-corrected chi connectivity index (χ2v) is 1.73. The third-order valence-electron chi connectivity index (χ3n) is 0. The molecule has 0 aromatic heterocycles. The average molecular weight is 136 g/mol. The fraction of sp³-hybridized carbons (Fsp3) is 1.00. The Bertz CT molecular complexity index is 10.9. The molecule has 0 saturated heterocycles. The zero-order valence-corrected chi connectivity index (χ0v) is 7.85. The van der Waals surface area contributed by atoms with E-state index in [1.165, 1.54) is 0 Å². The molecule has 44 valence electrons. The second-order valence-electron chi connectivity index (χ2n) is 0.577. The zero-order chi connectivity index (χ0) is 4.71. The topological polar surface area (TPSA) is 63.0 Å². The molecule has 0 aliphatic heterocycles. The first-order valence-corrected chi connectivity index (χ1v) is 5.59. The summed E-state index contributed by atoms with van der Waals surface area (Å²) in [5, 5.41) is 0. The Hall–Kier alpha value is 0.985. The third-order valence-corrected chi connectivity index (χ3v) is 0. The van der Waals surface area contributed by atoms with Gasteiger partial charge in [-0.3, -0.25) is 0 Å². The highest BCUT2D eigenvalue weighted by Gasteiger charge is 1.46. The summed E-state index contributed by atoms with van der Waals surface area (Å²) in [5.74, 6) is 6.44. The zero-order valence-electron chi connectivity index (χ0n) is 5.28. The number of rotatable bonds is 0. The van der Waals surface area contributed by atoms with E-state index >= 15 is 0 Å². The van der Waals surface area contributed by atoms with E-state index in [4.69, 9.17) is 0 Å². The maximum Gasteiger partial charge on any atom is 0.191 e. The summed E-state index contributed by atoms with van der Waals surface area (Å²) in [6.45, 7) is 0. The standard InChI is InChI=1S/3CH3.2Al.2H2O.H/h3*1H3;;;2*1H2;. The van der Waals surface area contributed by atoms with Gasteiger partial charge in [-0.25, -0.2) is 0 Å². The molecule has 2 radical (unpaired) electrons. The van der Waals surface area contributed by atoms with Crippen LogP contribution in [0, 0.1) is 0 Å². The van der Waals surface area contributed by atoms with Crippen molar-refractivity contribution in [3.63, 3.8) is 0 Å². The lowest BCUT2D eigenvalue weighted by molar-refractivity contribution is 0.823. The van der Waals surface area contributed by atoms with Crippen molar-refractivity contribution in [2.45, 2.75) is 17.4 Å². The molecule has 7 heavy (non-hydrogen) atoms. The molecule has 0 aromatic carbocycles. The van der Waals surface area contributed by atoms with E-state index in [1.807, 2.05) is 22.1 Å². The summed E-state index contributed by atoms with van der Waals surface area (Å²) in [6, 6.07) is 0. The first-order valence-electron chi connectivity index (χ1n) is 1.86. The largest absolute Gasteiger partial charge is 0.412 e. The molecule has 0 heterocycles. The molecule has 0 fully saturated rings. The molecule has 0 aliphatic carbocycles. The van der Waals surface area contributed by atoms with Crippen molar-refractivity contribution in [1.29, 1.82) is 0 Å². The Balaban J connectivity index is -0.0000000105. The highest BCUT2D eigenvalue weighted by Crippen LogP contribution is 1.36. The number of hydrogen-bond acceptors (Lipinski definition) is 0. The molecule has 0 spiro atoms. The summed E-state index contributed by atoms with van der Waals surface area (Å²) in [4.78, 5) is 0. The van der Waals surface area contributed by atoms with Crippen LogP contribution < -0.4 is 0 Å². The van der Waals surface area contributed by atoms with Crippen LogP contribution in [-0.2, 0) is 0 Å². The molecule has 0 amide bonds. The smallest absolute Gasteiger partial charge is 0.191 e. The van der Waals surface area contributed by atoms with Gasteiger partial charge in [-0.1, -0.05) is 0 Å². The van der Waals surface area contributed by atoms with Crippen LogP contribution in [0.2, 0.25) is 17.4 Å². The monoisotopic (exact) mass is 136 g/mol. The molecular formula is C3H14Al2O2. The van der Waals surface area contributed by atoms with Crippen LogP contribution in [0.25, 0.3) is 0 Å².